The number of benzene rings is 1. The number of amides is 1. The molecule has 1 aliphatic rings. The van der Waals surface area contributed by atoms with Crippen LogP contribution in [0.4, 0.5) is 5.69 Å². The Balaban J connectivity index is 2.42. The minimum Gasteiger partial charge on any atom is -0.364 e. The zero-order valence-electron chi connectivity index (χ0n) is 8.31. The number of nitrogens with zero attached hydrogens (tertiary/aromatic N) is 1. The van der Waals surface area contributed by atoms with Crippen molar-refractivity contribution in [2.24, 2.45) is 5.73 Å². The van der Waals surface area contributed by atoms with Crippen molar-refractivity contribution in [1.29, 1.82) is 0 Å². The summed E-state index contributed by atoms with van der Waals surface area (Å²) in [6.07, 6.45) is 4.01. The zero-order chi connectivity index (χ0) is 10.8. The molecular formula is C12H12N2O. The summed E-state index contributed by atoms with van der Waals surface area (Å²) in [6.45, 7) is 4.33. The van der Waals surface area contributed by atoms with Crippen molar-refractivity contribution in [2.75, 3.05) is 11.4 Å². The van der Waals surface area contributed by atoms with Crippen LogP contribution in [0.15, 0.2) is 42.6 Å². The minimum absolute atomic E-state index is 0.326. The monoisotopic (exact) mass is 200 g/mol. The maximum absolute atomic E-state index is 11.1. The third-order valence-corrected chi connectivity index (χ3v) is 2.42. The second kappa shape index (κ2) is 3.61. The Kier molecular flexibility index (Phi) is 2.29. The first-order chi connectivity index (χ1) is 7.20. The Morgan fingerprint density at radius 1 is 1.40 bits per heavy atom. The molecule has 0 unspecified atom stereocenters. The second-order valence-corrected chi connectivity index (χ2v) is 3.38. The van der Waals surface area contributed by atoms with Crippen LogP contribution in [0, 0.1) is 0 Å². The highest BCUT2D eigenvalue weighted by Gasteiger charge is 2.17. The average molecular weight is 200 g/mol. The number of primary amides is 1. The van der Waals surface area contributed by atoms with Crippen LogP contribution in [0.25, 0.3) is 6.08 Å². The molecule has 0 aliphatic carbocycles. The van der Waals surface area contributed by atoms with Gasteiger partial charge in [-0.3, -0.25) is 4.79 Å². The van der Waals surface area contributed by atoms with E-state index in [0.717, 1.165) is 11.3 Å². The van der Waals surface area contributed by atoms with Crippen LogP contribution in [-0.4, -0.2) is 12.5 Å². The van der Waals surface area contributed by atoms with Gasteiger partial charge in [0.1, 0.15) is 0 Å². The number of carbonyl (C=O) groups is 1. The van der Waals surface area contributed by atoms with E-state index in [9.17, 15) is 4.79 Å². The number of fused-ring (bicyclic) bond motifs is 1. The first-order valence-electron chi connectivity index (χ1n) is 4.72. The van der Waals surface area contributed by atoms with Crippen LogP contribution in [0.5, 0.6) is 0 Å². The smallest absolute Gasteiger partial charge is 0.264 e. The van der Waals surface area contributed by atoms with Gasteiger partial charge < -0.3 is 10.6 Å². The van der Waals surface area contributed by atoms with E-state index in [0.29, 0.717) is 12.2 Å². The highest BCUT2D eigenvalue weighted by molar-refractivity contribution is 5.96. The molecule has 3 heteroatoms. The summed E-state index contributed by atoms with van der Waals surface area (Å²) in [5.41, 5.74) is 7.60. The fourth-order valence-corrected chi connectivity index (χ4v) is 1.65. The number of hydrogen-bond acceptors (Lipinski definition) is 2. The zero-order valence-corrected chi connectivity index (χ0v) is 8.31. The summed E-state index contributed by atoms with van der Waals surface area (Å²) < 4.78 is 0. The van der Waals surface area contributed by atoms with Crippen molar-refractivity contribution in [2.45, 2.75) is 0 Å². The summed E-state index contributed by atoms with van der Waals surface area (Å²) in [5, 5.41) is 0. The molecule has 0 spiro atoms. The minimum atomic E-state index is -0.486. The van der Waals surface area contributed by atoms with Crippen molar-refractivity contribution < 1.29 is 4.79 Å². The number of para-hydroxylation sites is 1. The molecule has 3 nitrogen and oxygen atoms in total. The van der Waals surface area contributed by atoms with E-state index in [1.807, 2.05) is 41.3 Å². The summed E-state index contributed by atoms with van der Waals surface area (Å²) in [6, 6.07) is 7.83. The Hall–Kier alpha value is -2.03. The van der Waals surface area contributed by atoms with Crippen molar-refractivity contribution in [1.82, 2.24) is 0 Å². The molecule has 0 atom stereocenters. The van der Waals surface area contributed by atoms with Gasteiger partial charge in [0.15, 0.2) is 0 Å². The molecule has 1 aromatic carbocycles. The lowest BCUT2D eigenvalue weighted by Crippen LogP contribution is -2.32. The van der Waals surface area contributed by atoms with E-state index in [2.05, 4.69) is 6.58 Å². The van der Waals surface area contributed by atoms with E-state index >= 15 is 0 Å². The van der Waals surface area contributed by atoms with E-state index < -0.39 is 5.91 Å². The van der Waals surface area contributed by atoms with Gasteiger partial charge in [-0.2, -0.15) is 0 Å². The van der Waals surface area contributed by atoms with E-state index in [1.54, 1.807) is 0 Å². The first kappa shape index (κ1) is 9.52. The Bertz CT molecular complexity index is 449. The van der Waals surface area contributed by atoms with Gasteiger partial charge in [-0.25, -0.2) is 0 Å². The van der Waals surface area contributed by atoms with Crippen LogP contribution < -0.4 is 10.6 Å². The maximum atomic E-state index is 11.1. The lowest BCUT2D eigenvalue weighted by Gasteiger charge is -2.28. The maximum Gasteiger partial charge on any atom is 0.264 e. The van der Waals surface area contributed by atoms with Crippen molar-refractivity contribution in [3.63, 3.8) is 0 Å². The number of anilines is 1. The molecule has 0 aromatic heterocycles. The Morgan fingerprint density at radius 3 is 2.87 bits per heavy atom. The fourth-order valence-electron chi connectivity index (χ4n) is 1.65. The molecule has 76 valence electrons. The van der Waals surface area contributed by atoms with Gasteiger partial charge in [0, 0.05) is 12.2 Å². The van der Waals surface area contributed by atoms with Crippen molar-refractivity contribution in [3.05, 3.63) is 48.2 Å². The Labute approximate surface area is 88.5 Å². The molecule has 1 aliphatic heterocycles. The number of nitrogens with two attached hydrogens (primary N) is 1. The van der Waals surface area contributed by atoms with Gasteiger partial charge in [0.25, 0.3) is 5.91 Å². The highest BCUT2D eigenvalue weighted by Crippen LogP contribution is 2.27. The van der Waals surface area contributed by atoms with Crippen LogP contribution in [0.3, 0.4) is 0 Å². The van der Waals surface area contributed by atoms with Gasteiger partial charge in [0.2, 0.25) is 0 Å². The standard InChI is InChI=1S/C12H12N2O/c1-9(12(13)15)14-8-4-6-10-5-2-3-7-11(10)14/h2-7H,1,8H2,(H2,13,15). The second-order valence-electron chi connectivity index (χ2n) is 3.38. The molecule has 2 rings (SSSR count). The molecule has 1 heterocycles. The van der Waals surface area contributed by atoms with E-state index in [4.69, 9.17) is 5.73 Å². The quantitative estimate of drug-likeness (QED) is 0.736. The molecule has 0 fully saturated rings. The normalized spacial score (nSPS) is 13.5. The topological polar surface area (TPSA) is 46.3 Å². The lowest BCUT2D eigenvalue weighted by atomic mass is 10.1. The Morgan fingerprint density at radius 2 is 2.13 bits per heavy atom. The highest BCUT2D eigenvalue weighted by atomic mass is 16.1. The van der Waals surface area contributed by atoms with Gasteiger partial charge in [0.05, 0.1) is 5.70 Å². The van der Waals surface area contributed by atoms with Gasteiger partial charge in [-0.1, -0.05) is 36.9 Å². The van der Waals surface area contributed by atoms with Crippen molar-refractivity contribution >= 4 is 17.7 Å². The van der Waals surface area contributed by atoms with Gasteiger partial charge in [-0.05, 0) is 11.6 Å². The van der Waals surface area contributed by atoms with Crippen LogP contribution in [0.2, 0.25) is 0 Å². The molecule has 1 aromatic rings. The molecular weight excluding hydrogens is 188 g/mol. The fraction of sp³-hybridized carbons (Fsp3) is 0.0833. The van der Waals surface area contributed by atoms with Gasteiger partial charge >= 0.3 is 0 Å². The van der Waals surface area contributed by atoms with E-state index in [-0.39, 0.29) is 0 Å². The molecule has 2 N–H and O–H groups in total. The predicted molar refractivity (Wildman–Crippen MR) is 61.2 cm³/mol. The van der Waals surface area contributed by atoms with Gasteiger partial charge in [-0.15, -0.1) is 0 Å². The molecule has 0 saturated carbocycles. The summed E-state index contributed by atoms with van der Waals surface area (Å²) in [4.78, 5) is 12.9. The number of hydrogen-bond donors (Lipinski definition) is 1. The van der Waals surface area contributed by atoms with Crippen LogP contribution in [0.1, 0.15) is 5.56 Å². The van der Waals surface area contributed by atoms with Crippen LogP contribution >= 0.6 is 0 Å². The molecule has 1 amide bonds. The average Bonchev–Trinajstić information content (AvgIpc) is 2.27. The summed E-state index contributed by atoms with van der Waals surface area (Å²) in [5.74, 6) is -0.486. The third kappa shape index (κ3) is 1.64. The molecule has 0 bridgehead atoms. The summed E-state index contributed by atoms with van der Waals surface area (Å²) >= 11 is 0. The predicted octanol–water partition coefficient (Wildman–Crippen LogP) is 1.52. The third-order valence-electron chi connectivity index (χ3n) is 2.42. The summed E-state index contributed by atoms with van der Waals surface area (Å²) in [7, 11) is 0. The SMILES string of the molecule is C=C(C(N)=O)N1CC=Cc2ccccc21. The first-order valence-corrected chi connectivity index (χ1v) is 4.72. The van der Waals surface area contributed by atoms with E-state index in [1.165, 1.54) is 0 Å². The lowest BCUT2D eigenvalue weighted by molar-refractivity contribution is -0.114. The molecule has 0 saturated heterocycles. The number of rotatable bonds is 2. The van der Waals surface area contributed by atoms with Crippen molar-refractivity contribution in [3.8, 4) is 0 Å². The van der Waals surface area contributed by atoms with Crippen LogP contribution in [-0.2, 0) is 4.79 Å². The molecule has 15 heavy (non-hydrogen) atoms. The number of carbonyl (C=O) groups excluding carboxylic acids is 1. The molecule has 0 radical (unpaired) electrons. The largest absolute Gasteiger partial charge is 0.364 e.